The third kappa shape index (κ3) is 4.76. The van der Waals surface area contributed by atoms with Gasteiger partial charge in [0.05, 0.1) is 29.2 Å². The predicted octanol–water partition coefficient (Wildman–Crippen LogP) is 1.66. The van der Waals surface area contributed by atoms with Gasteiger partial charge in [-0.3, -0.25) is 4.79 Å². The zero-order valence-electron chi connectivity index (χ0n) is 18.4. The number of fused-ring (bicyclic) bond motifs is 2. The van der Waals surface area contributed by atoms with Crippen LogP contribution in [0.5, 0.6) is 11.5 Å². The molecular formula is C23H24N2O8S. The average Bonchev–Trinajstić information content (AvgIpc) is 2.83. The molecule has 0 fully saturated rings. The van der Waals surface area contributed by atoms with Crippen LogP contribution in [0.4, 0.5) is 0 Å². The zero-order chi connectivity index (χ0) is 24.3. The highest BCUT2D eigenvalue weighted by Gasteiger charge is 2.26. The third-order valence-electron chi connectivity index (χ3n) is 5.28. The zero-order valence-corrected chi connectivity index (χ0v) is 19.3. The fourth-order valence-electron chi connectivity index (χ4n) is 3.62. The highest BCUT2D eigenvalue weighted by Crippen LogP contribution is 2.33. The summed E-state index contributed by atoms with van der Waals surface area (Å²) in [5, 5.41) is 10.1. The molecular weight excluding hydrogens is 464 g/mol. The van der Waals surface area contributed by atoms with Gasteiger partial charge in [0.25, 0.3) is 5.56 Å². The van der Waals surface area contributed by atoms with Crippen molar-refractivity contribution in [2.45, 2.75) is 18.4 Å². The van der Waals surface area contributed by atoms with E-state index in [9.17, 15) is 23.1 Å². The van der Waals surface area contributed by atoms with Gasteiger partial charge in [0, 0.05) is 30.1 Å². The van der Waals surface area contributed by atoms with Crippen molar-refractivity contribution in [1.29, 1.82) is 0 Å². The molecule has 0 amide bonds. The normalized spacial score (nSPS) is 13.3. The SMILES string of the molecule is CCOC(=O)c1ccc(S(=O)(=O)N(CCO)Cc2cc3cc4c(cc3[nH]c2=O)OCCO4)cc1. The van der Waals surface area contributed by atoms with E-state index in [0.29, 0.717) is 35.6 Å². The molecule has 1 aliphatic heterocycles. The second kappa shape index (κ2) is 9.84. The fourth-order valence-corrected chi connectivity index (χ4v) is 5.03. The number of aliphatic hydroxyl groups excluding tert-OH is 1. The van der Waals surface area contributed by atoms with Gasteiger partial charge in [-0.15, -0.1) is 0 Å². The molecule has 3 aromatic rings. The molecule has 2 heterocycles. The van der Waals surface area contributed by atoms with Gasteiger partial charge >= 0.3 is 5.97 Å². The van der Waals surface area contributed by atoms with Gasteiger partial charge in [-0.05, 0) is 43.3 Å². The Bertz CT molecular complexity index is 1370. The number of sulfonamides is 1. The molecule has 0 bridgehead atoms. The molecule has 0 radical (unpaired) electrons. The first kappa shape index (κ1) is 23.7. The number of benzene rings is 2. The first-order valence-corrected chi connectivity index (χ1v) is 12.1. The first-order valence-electron chi connectivity index (χ1n) is 10.7. The van der Waals surface area contributed by atoms with Crippen molar-refractivity contribution < 1.29 is 32.5 Å². The molecule has 180 valence electrons. The smallest absolute Gasteiger partial charge is 0.338 e. The molecule has 0 atom stereocenters. The molecule has 0 aliphatic carbocycles. The summed E-state index contributed by atoms with van der Waals surface area (Å²) in [7, 11) is -4.08. The van der Waals surface area contributed by atoms with Crippen molar-refractivity contribution in [3.05, 3.63) is 63.9 Å². The van der Waals surface area contributed by atoms with Crippen LogP contribution in [0, 0.1) is 0 Å². The van der Waals surface area contributed by atoms with Crippen molar-refractivity contribution in [1.82, 2.24) is 9.29 Å². The van der Waals surface area contributed by atoms with E-state index in [4.69, 9.17) is 14.2 Å². The molecule has 2 aromatic carbocycles. The lowest BCUT2D eigenvalue weighted by molar-refractivity contribution is 0.0526. The molecule has 34 heavy (non-hydrogen) atoms. The van der Waals surface area contributed by atoms with Crippen LogP contribution in [-0.2, 0) is 21.3 Å². The number of carbonyl (C=O) groups excluding carboxylic acids is 1. The maximum absolute atomic E-state index is 13.2. The molecule has 2 N–H and O–H groups in total. The Morgan fingerprint density at radius 1 is 1.12 bits per heavy atom. The molecule has 0 saturated heterocycles. The summed E-state index contributed by atoms with van der Waals surface area (Å²) < 4.78 is 43.6. The Labute approximate surface area is 195 Å². The minimum atomic E-state index is -4.08. The summed E-state index contributed by atoms with van der Waals surface area (Å²) >= 11 is 0. The van der Waals surface area contributed by atoms with Crippen LogP contribution in [-0.4, -0.2) is 61.8 Å². The summed E-state index contributed by atoms with van der Waals surface area (Å²) in [6, 6.07) is 10.3. The topological polar surface area (TPSA) is 135 Å². The largest absolute Gasteiger partial charge is 0.486 e. The lowest BCUT2D eigenvalue weighted by Gasteiger charge is -2.22. The van der Waals surface area contributed by atoms with E-state index in [1.54, 1.807) is 25.1 Å². The van der Waals surface area contributed by atoms with Crippen molar-refractivity contribution in [3.8, 4) is 11.5 Å². The summed E-state index contributed by atoms with van der Waals surface area (Å²) in [6.07, 6.45) is 0. The number of aromatic nitrogens is 1. The van der Waals surface area contributed by atoms with Crippen molar-refractivity contribution in [2.24, 2.45) is 0 Å². The molecule has 1 aromatic heterocycles. The molecule has 4 rings (SSSR count). The Hall–Kier alpha value is -3.41. The van der Waals surface area contributed by atoms with Gasteiger partial charge in [0.1, 0.15) is 13.2 Å². The highest BCUT2D eigenvalue weighted by atomic mass is 32.2. The van der Waals surface area contributed by atoms with Crippen molar-refractivity contribution in [3.63, 3.8) is 0 Å². The van der Waals surface area contributed by atoms with E-state index in [1.165, 1.54) is 24.3 Å². The summed E-state index contributed by atoms with van der Waals surface area (Å²) in [6.45, 7) is 1.77. The van der Waals surface area contributed by atoms with Gasteiger partial charge in [-0.1, -0.05) is 0 Å². The van der Waals surface area contributed by atoms with E-state index in [2.05, 4.69) is 4.98 Å². The third-order valence-corrected chi connectivity index (χ3v) is 7.14. The number of esters is 1. The lowest BCUT2D eigenvalue weighted by Crippen LogP contribution is -2.35. The number of hydrogen-bond acceptors (Lipinski definition) is 8. The second-order valence-corrected chi connectivity index (χ2v) is 9.45. The number of rotatable bonds is 8. The molecule has 0 saturated carbocycles. The van der Waals surface area contributed by atoms with Gasteiger partial charge in [0.2, 0.25) is 10.0 Å². The Balaban J connectivity index is 1.65. The Kier molecular flexibility index (Phi) is 6.87. The standard InChI is InChI=1S/C23H24N2O8S/c1-2-31-23(28)15-3-5-18(6-4-15)34(29,30)25(7-8-26)14-17-11-16-12-20-21(33-10-9-32-20)13-19(16)24-22(17)27/h3-6,11-13,26H,2,7-10,14H2,1H3,(H,24,27). The van der Waals surface area contributed by atoms with E-state index in [0.717, 1.165) is 4.31 Å². The van der Waals surface area contributed by atoms with E-state index in [-0.39, 0.29) is 35.7 Å². The van der Waals surface area contributed by atoms with Crippen LogP contribution in [0.25, 0.3) is 10.9 Å². The molecule has 0 spiro atoms. The molecule has 1 aliphatic rings. The number of nitrogens with one attached hydrogen (secondary N) is 1. The Morgan fingerprint density at radius 2 is 1.79 bits per heavy atom. The summed E-state index contributed by atoms with van der Waals surface area (Å²) in [5.74, 6) is 0.508. The minimum absolute atomic E-state index is 0.0779. The van der Waals surface area contributed by atoms with Crippen molar-refractivity contribution >= 4 is 26.9 Å². The highest BCUT2D eigenvalue weighted by molar-refractivity contribution is 7.89. The number of carbonyl (C=O) groups is 1. The number of ether oxygens (including phenoxy) is 3. The molecule has 10 nitrogen and oxygen atoms in total. The van der Waals surface area contributed by atoms with Crippen LogP contribution in [0.1, 0.15) is 22.8 Å². The Morgan fingerprint density at radius 3 is 2.44 bits per heavy atom. The van der Waals surface area contributed by atoms with Gasteiger partial charge in [-0.25, -0.2) is 13.2 Å². The van der Waals surface area contributed by atoms with E-state index < -0.39 is 28.2 Å². The molecule has 11 heteroatoms. The number of aromatic amines is 1. The number of nitrogens with zero attached hydrogens (tertiary/aromatic N) is 1. The minimum Gasteiger partial charge on any atom is -0.486 e. The van der Waals surface area contributed by atoms with Gasteiger partial charge in [-0.2, -0.15) is 4.31 Å². The monoisotopic (exact) mass is 488 g/mol. The summed E-state index contributed by atoms with van der Waals surface area (Å²) in [4.78, 5) is 27.2. The van der Waals surface area contributed by atoms with Crippen LogP contribution < -0.4 is 15.0 Å². The van der Waals surface area contributed by atoms with E-state index in [1.807, 2.05) is 0 Å². The number of H-pyrrole nitrogens is 1. The summed E-state index contributed by atoms with van der Waals surface area (Å²) in [5.41, 5.74) is 0.489. The van der Waals surface area contributed by atoms with Gasteiger partial charge < -0.3 is 24.3 Å². The first-order chi connectivity index (χ1) is 16.3. The van der Waals surface area contributed by atoms with Crippen LogP contribution in [0.3, 0.4) is 0 Å². The van der Waals surface area contributed by atoms with Crippen LogP contribution in [0.2, 0.25) is 0 Å². The maximum Gasteiger partial charge on any atom is 0.338 e. The number of aliphatic hydroxyl groups is 1. The quantitative estimate of drug-likeness (QED) is 0.457. The predicted molar refractivity (Wildman–Crippen MR) is 123 cm³/mol. The maximum atomic E-state index is 13.2. The lowest BCUT2D eigenvalue weighted by atomic mass is 10.1. The van der Waals surface area contributed by atoms with E-state index >= 15 is 0 Å². The van der Waals surface area contributed by atoms with Gasteiger partial charge in [0.15, 0.2) is 11.5 Å². The molecule has 0 unspecified atom stereocenters. The number of pyridine rings is 1. The second-order valence-electron chi connectivity index (χ2n) is 7.51. The van der Waals surface area contributed by atoms with Crippen LogP contribution in [0.15, 0.2) is 52.2 Å². The fraction of sp³-hybridized carbons (Fsp3) is 0.304. The van der Waals surface area contributed by atoms with Crippen LogP contribution >= 0.6 is 0 Å². The average molecular weight is 489 g/mol. The number of hydrogen-bond donors (Lipinski definition) is 2. The van der Waals surface area contributed by atoms with Crippen molar-refractivity contribution in [2.75, 3.05) is 33.0 Å².